The van der Waals surface area contributed by atoms with Crippen molar-refractivity contribution < 1.29 is 4.74 Å². The highest BCUT2D eigenvalue weighted by Crippen LogP contribution is 2.28. The van der Waals surface area contributed by atoms with Crippen molar-refractivity contribution in [3.63, 3.8) is 0 Å². The van der Waals surface area contributed by atoms with E-state index in [9.17, 15) is 0 Å². The summed E-state index contributed by atoms with van der Waals surface area (Å²) in [6.07, 6.45) is 2.71. The molecule has 0 aromatic heterocycles. The molecule has 2 rings (SSSR count). The quantitative estimate of drug-likeness (QED) is 0.553. The summed E-state index contributed by atoms with van der Waals surface area (Å²) in [5.74, 6) is 1.43. The minimum absolute atomic E-state index is 0.579. The van der Waals surface area contributed by atoms with Crippen LogP contribution >= 0.6 is 11.6 Å². The Morgan fingerprint density at radius 3 is 2.78 bits per heavy atom. The lowest BCUT2D eigenvalue weighted by Gasteiger charge is -2.21. The summed E-state index contributed by atoms with van der Waals surface area (Å²) in [5, 5.41) is 0. The standard InChI is InChI=1S/C15H22ClNO/c1-12-9-14(10-16)5-6-15(12)17(2)7-8-18-11-13-3-4-13/h5-6,9,13H,3-4,7-8,10-11H2,1-2H3. The van der Waals surface area contributed by atoms with Crippen LogP contribution < -0.4 is 4.90 Å². The molecule has 1 fully saturated rings. The van der Waals surface area contributed by atoms with E-state index < -0.39 is 0 Å². The van der Waals surface area contributed by atoms with Crippen LogP contribution in [0.15, 0.2) is 18.2 Å². The average Bonchev–Trinajstić information content (AvgIpc) is 3.18. The van der Waals surface area contributed by atoms with Gasteiger partial charge in [0.1, 0.15) is 0 Å². The predicted molar refractivity (Wildman–Crippen MR) is 77.5 cm³/mol. The molecule has 0 bridgehead atoms. The fraction of sp³-hybridized carbons (Fsp3) is 0.600. The maximum absolute atomic E-state index is 5.84. The summed E-state index contributed by atoms with van der Waals surface area (Å²) >= 11 is 5.84. The molecule has 0 amide bonds. The van der Waals surface area contributed by atoms with Gasteiger partial charge in [0.2, 0.25) is 0 Å². The molecule has 0 spiro atoms. The number of ether oxygens (including phenoxy) is 1. The molecule has 1 saturated carbocycles. The van der Waals surface area contributed by atoms with Crippen molar-refractivity contribution in [2.75, 3.05) is 31.7 Å². The van der Waals surface area contributed by atoms with Gasteiger partial charge < -0.3 is 9.64 Å². The highest BCUT2D eigenvalue weighted by Gasteiger charge is 2.20. The van der Waals surface area contributed by atoms with Crippen molar-refractivity contribution in [3.05, 3.63) is 29.3 Å². The maximum atomic E-state index is 5.84. The summed E-state index contributed by atoms with van der Waals surface area (Å²) in [6, 6.07) is 6.40. The third-order valence-electron chi connectivity index (χ3n) is 3.45. The molecule has 1 aromatic carbocycles. The van der Waals surface area contributed by atoms with Crippen molar-refractivity contribution in [2.24, 2.45) is 5.92 Å². The fourth-order valence-electron chi connectivity index (χ4n) is 2.09. The van der Waals surface area contributed by atoms with Crippen molar-refractivity contribution in [1.82, 2.24) is 0 Å². The molecule has 1 aromatic rings. The fourth-order valence-corrected chi connectivity index (χ4v) is 2.25. The number of halogens is 1. The molecule has 1 aliphatic carbocycles. The van der Waals surface area contributed by atoms with Gasteiger partial charge in [0, 0.05) is 31.8 Å². The number of alkyl halides is 1. The Kier molecular flexibility index (Phi) is 4.90. The zero-order chi connectivity index (χ0) is 13.0. The monoisotopic (exact) mass is 267 g/mol. The van der Waals surface area contributed by atoms with E-state index in [1.165, 1.54) is 29.7 Å². The first kappa shape index (κ1) is 13.7. The first-order chi connectivity index (χ1) is 8.70. The number of hydrogen-bond donors (Lipinski definition) is 0. The lowest BCUT2D eigenvalue weighted by molar-refractivity contribution is 0.131. The zero-order valence-corrected chi connectivity index (χ0v) is 12.0. The molecular formula is C15H22ClNO. The molecule has 0 atom stereocenters. The highest BCUT2D eigenvalue weighted by atomic mass is 35.5. The first-order valence-electron chi connectivity index (χ1n) is 6.65. The largest absolute Gasteiger partial charge is 0.379 e. The zero-order valence-electron chi connectivity index (χ0n) is 11.3. The van der Waals surface area contributed by atoms with E-state index >= 15 is 0 Å². The summed E-state index contributed by atoms with van der Waals surface area (Å²) in [4.78, 5) is 2.25. The molecule has 1 aliphatic rings. The van der Waals surface area contributed by atoms with E-state index in [1.807, 2.05) is 0 Å². The van der Waals surface area contributed by atoms with E-state index in [2.05, 4.69) is 37.1 Å². The minimum Gasteiger partial charge on any atom is -0.379 e. The van der Waals surface area contributed by atoms with Gasteiger partial charge in [0.25, 0.3) is 0 Å². The van der Waals surface area contributed by atoms with Gasteiger partial charge in [-0.2, -0.15) is 0 Å². The molecular weight excluding hydrogens is 246 g/mol. The van der Waals surface area contributed by atoms with Gasteiger partial charge in [-0.3, -0.25) is 0 Å². The molecule has 100 valence electrons. The molecule has 18 heavy (non-hydrogen) atoms. The van der Waals surface area contributed by atoms with Crippen LogP contribution in [0.3, 0.4) is 0 Å². The van der Waals surface area contributed by atoms with Crippen LogP contribution in [0.1, 0.15) is 24.0 Å². The maximum Gasteiger partial charge on any atom is 0.0641 e. The van der Waals surface area contributed by atoms with Crippen molar-refractivity contribution >= 4 is 17.3 Å². The molecule has 0 N–H and O–H groups in total. The van der Waals surface area contributed by atoms with Gasteiger partial charge in [0.05, 0.1) is 6.61 Å². The van der Waals surface area contributed by atoms with Crippen LogP contribution in [0.4, 0.5) is 5.69 Å². The van der Waals surface area contributed by atoms with Crippen molar-refractivity contribution in [2.45, 2.75) is 25.6 Å². The molecule has 2 nitrogen and oxygen atoms in total. The summed E-state index contributed by atoms with van der Waals surface area (Å²) in [5.41, 5.74) is 3.72. The number of nitrogens with zero attached hydrogens (tertiary/aromatic N) is 1. The number of likely N-dealkylation sites (N-methyl/N-ethyl adjacent to an activating group) is 1. The lowest BCUT2D eigenvalue weighted by Crippen LogP contribution is -2.23. The molecule has 0 aliphatic heterocycles. The molecule has 0 saturated heterocycles. The number of aryl methyl sites for hydroxylation is 1. The van der Waals surface area contributed by atoms with Crippen LogP contribution in [0.2, 0.25) is 0 Å². The number of anilines is 1. The second-order valence-electron chi connectivity index (χ2n) is 5.19. The summed E-state index contributed by atoms with van der Waals surface area (Å²) in [7, 11) is 2.11. The first-order valence-corrected chi connectivity index (χ1v) is 7.18. The van der Waals surface area contributed by atoms with E-state index in [4.69, 9.17) is 16.3 Å². The van der Waals surface area contributed by atoms with Crippen LogP contribution in [-0.4, -0.2) is 26.8 Å². The normalized spacial score (nSPS) is 14.8. The SMILES string of the molecule is Cc1cc(CCl)ccc1N(C)CCOCC1CC1. The van der Waals surface area contributed by atoms with Crippen LogP contribution in [0.5, 0.6) is 0 Å². The molecule has 0 heterocycles. The van der Waals surface area contributed by atoms with Gasteiger partial charge >= 0.3 is 0 Å². The smallest absolute Gasteiger partial charge is 0.0641 e. The predicted octanol–water partition coefficient (Wildman–Crippen LogP) is 3.60. The Hall–Kier alpha value is -0.730. The molecule has 0 unspecified atom stereocenters. The lowest BCUT2D eigenvalue weighted by atomic mass is 10.1. The van der Waals surface area contributed by atoms with Crippen molar-refractivity contribution in [1.29, 1.82) is 0 Å². The van der Waals surface area contributed by atoms with Crippen LogP contribution in [-0.2, 0) is 10.6 Å². The summed E-state index contributed by atoms with van der Waals surface area (Å²) in [6.45, 7) is 4.82. The average molecular weight is 268 g/mol. The molecule has 0 radical (unpaired) electrons. The summed E-state index contributed by atoms with van der Waals surface area (Å²) < 4.78 is 5.67. The van der Waals surface area contributed by atoms with Gasteiger partial charge in [-0.15, -0.1) is 11.6 Å². The topological polar surface area (TPSA) is 12.5 Å². The van der Waals surface area contributed by atoms with Crippen LogP contribution in [0, 0.1) is 12.8 Å². The van der Waals surface area contributed by atoms with E-state index in [0.29, 0.717) is 5.88 Å². The number of hydrogen-bond acceptors (Lipinski definition) is 2. The Balaban J connectivity index is 1.81. The van der Waals surface area contributed by atoms with Crippen LogP contribution in [0.25, 0.3) is 0 Å². The van der Waals surface area contributed by atoms with Gasteiger partial charge in [0.15, 0.2) is 0 Å². The Labute approximate surface area is 115 Å². The van der Waals surface area contributed by atoms with Gasteiger partial charge in [-0.05, 0) is 42.9 Å². The van der Waals surface area contributed by atoms with Crippen molar-refractivity contribution in [3.8, 4) is 0 Å². The second kappa shape index (κ2) is 6.44. The minimum atomic E-state index is 0.579. The third kappa shape index (κ3) is 3.89. The Morgan fingerprint density at radius 2 is 2.17 bits per heavy atom. The Morgan fingerprint density at radius 1 is 1.39 bits per heavy atom. The third-order valence-corrected chi connectivity index (χ3v) is 3.76. The van der Waals surface area contributed by atoms with Gasteiger partial charge in [-0.1, -0.05) is 12.1 Å². The number of benzene rings is 1. The van der Waals surface area contributed by atoms with E-state index in [1.54, 1.807) is 0 Å². The Bertz CT molecular complexity index is 390. The number of rotatable bonds is 7. The van der Waals surface area contributed by atoms with E-state index in [0.717, 1.165) is 25.7 Å². The second-order valence-corrected chi connectivity index (χ2v) is 5.46. The molecule has 3 heteroatoms. The van der Waals surface area contributed by atoms with E-state index in [-0.39, 0.29) is 0 Å². The highest BCUT2D eigenvalue weighted by molar-refractivity contribution is 6.17. The van der Waals surface area contributed by atoms with Gasteiger partial charge in [-0.25, -0.2) is 0 Å².